The molecule has 0 heterocycles. The molecule has 1 amide bonds. The maximum absolute atomic E-state index is 12.8. The molecule has 4 nitrogen and oxygen atoms in total. The maximum atomic E-state index is 12.8. The quantitative estimate of drug-likeness (QED) is 0.371. The van der Waals surface area contributed by atoms with E-state index < -0.39 is 12.1 Å². The normalized spacial score (nSPS) is 11.5. The minimum atomic E-state index is -4.88. The van der Waals surface area contributed by atoms with Crippen molar-refractivity contribution in [1.29, 1.82) is 0 Å². The fraction of sp³-hybridized carbons (Fsp3) is 0.440. The van der Waals surface area contributed by atoms with Crippen LogP contribution in [0.15, 0.2) is 42.5 Å². The lowest BCUT2D eigenvalue weighted by Gasteiger charge is -2.23. The molecule has 0 aliphatic heterocycles. The molecule has 2 rings (SSSR count). The SMILES string of the molecule is CCCN(CCc1ccc(Cl)c(NCc2ccc(C(=O)CC(C)C)cc2)c1)C(=O)C(F)(F)F. The van der Waals surface area contributed by atoms with Crippen molar-refractivity contribution in [3.63, 3.8) is 0 Å². The molecule has 0 aliphatic rings. The average Bonchev–Trinajstić information content (AvgIpc) is 2.75. The summed E-state index contributed by atoms with van der Waals surface area (Å²) in [5, 5.41) is 3.72. The summed E-state index contributed by atoms with van der Waals surface area (Å²) in [6, 6.07) is 12.6. The van der Waals surface area contributed by atoms with Gasteiger partial charge in [-0.1, -0.05) is 62.7 Å². The van der Waals surface area contributed by atoms with Gasteiger partial charge in [0.25, 0.3) is 0 Å². The second-order valence-electron chi connectivity index (χ2n) is 8.43. The molecule has 1 N–H and O–H groups in total. The van der Waals surface area contributed by atoms with Gasteiger partial charge < -0.3 is 10.2 Å². The van der Waals surface area contributed by atoms with Crippen LogP contribution in [0, 0.1) is 5.92 Å². The topological polar surface area (TPSA) is 49.4 Å². The Morgan fingerprint density at radius 3 is 2.24 bits per heavy atom. The number of hydrogen-bond acceptors (Lipinski definition) is 3. The van der Waals surface area contributed by atoms with Gasteiger partial charge in [-0.25, -0.2) is 0 Å². The lowest BCUT2D eigenvalue weighted by molar-refractivity contribution is -0.185. The minimum absolute atomic E-state index is 0.0286. The fourth-order valence-electron chi connectivity index (χ4n) is 3.39. The Kier molecular flexibility index (Phi) is 9.77. The summed E-state index contributed by atoms with van der Waals surface area (Å²) in [6.45, 7) is 6.23. The van der Waals surface area contributed by atoms with Crippen molar-refractivity contribution >= 4 is 29.0 Å². The van der Waals surface area contributed by atoms with Crippen LogP contribution in [-0.4, -0.2) is 35.9 Å². The Balaban J connectivity index is 2.01. The highest BCUT2D eigenvalue weighted by Crippen LogP contribution is 2.25. The van der Waals surface area contributed by atoms with E-state index in [0.717, 1.165) is 16.0 Å². The Morgan fingerprint density at radius 2 is 1.67 bits per heavy atom. The molecule has 8 heteroatoms. The molecule has 0 radical (unpaired) electrons. The van der Waals surface area contributed by atoms with Crippen LogP contribution >= 0.6 is 11.6 Å². The molecule has 0 aromatic heterocycles. The van der Waals surface area contributed by atoms with Crippen LogP contribution in [0.4, 0.5) is 18.9 Å². The molecule has 180 valence electrons. The molecule has 2 aromatic rings. The predicted molar refractivity (Wildman–Crippen MR) is 126 cm³/mol. The molecule has 0 bridgehead atoms. The molecule has 0 saturated heterocycles. The van der Waals surface area contributed by atoms with E-state index in [-0.39, 0.29) is 25.3 Å². The lowest BCUT2D eigenvalue weighted by atomic mass is 10.0. The van der Waals surface area contributed by atoms with Crippen molar-refractivity contribution in [1.82, 2.24) is 4.90 Å². The number of nitrogens with one attached hydrogen (secondary N) is 1. The molecular formula is C25H30ClF3N2O2. The van der Waals surface area contributed by atoms with Crippen LogP contribution < -0.4 is 5.32 Å². The zero-order valence-electron chi connectivity index (χ0n) is 19.1. The number of Topliss-reactive ketones (excluding diaryl/α,β-unsaturated/α-hetero) is 1. The highest BCUT2D eigenvalue weighted by molar-refractivity contribution is 6.33. The summed E-state index contributed by atoms with van der Waals surface area (Å²) in [6.07, 6.45) is -3.65. The number of ketones is 1. The van der Waals surface area contributed by atoms with Gasteiger partial charge >= 0.3 is 12.1 Å². The van der Waals surface area contributed by atoms with Crippen molar-refractivity contribution in [3.8, 4) is 0 Å². The van der Waals surface area contributed by atoms with Crippen LogP contribution in [0.2, 0.25) is 5.02 Å². The number of hydrogen-bond donors (Lipinski definition) is 1. The first-order valence-electron chi connectivity index (χ1n) is 11.0. The molecule has 0 saturated carbocycles. The summed E-state index contributed by atoms with van der Waals surface area (Å²) in [4.78, 5) is 24.6. The fourth-order valence-corrected chi connectivity index (χ4v) is 3.57. The van der Waals surface area contributed by atoms with Gasteiger partial charge in [-0.15, -0.1) is 0 Å². The van der Waals surface area contributed by atoms with E-state index in [1.54, 1.807) is 37.3 Å². The highest BCUT2D eigenvalue weighted by atomic mass is 35.5. The van der Waals surface area contributed by atoms with E-state index >= 15 is 0 Å². The van der Waals surface area contributed by atoms with E-state index in [4.69, 9.17) is 11.6 Å². The third-order valence-corrected chi connectivity index (χ3v) is 5.41. The molecule has 0 unspecified atom stereocenters. The van der Waals surface area contributed by atoms with Gasteiger partial charge in [-0.2, -0.15) is 13.2 Å². The molecule has 2 aromatic carbocycles. The number of alkyl halides is 3. The number of carbonyl (C=O) groups is 2. The summed E-state index contributed by atoms with van der Waals surface area (Å²) >= 11 is 6.28. The van der Waals surface area contributed by atoms with Crippen molar-refractivity contribution in [2.45, 2.75) is 52.8 Å². The third-order valence-electron chi connectivity index (χ3n) is 5.08. The zero-order chi connectivity index (χ0) is 24.6. The number of anilines is 1. The molecule has 0 atom stereocenters. The van der Waals surface area contributed by atoms with E-state index in [1.807, 2.05) is 26.0 Å². The Labute approximate surface area is 198 Å². The van der Waals surface area contributed by atoms with Gasteiger partial charge in [-0.3, -0.25) is 9.59 Å². The zero-order valence-corrected chi connectivity index (χ0v) is 19.9. The Morgan fingerprint density at radius 1 is 1.03 bits per heavy atom. The smallest absolute Gasteiger partial charge is 0.380 e. The Bertz CT molecular complexity index is 944. The van der Waals surface area contributed by atoms with Crippen LogP contribution in [0.3, 0.4) is 0 Å². The van der Waals surface area contributed by atoms with E-state index in [0.29, 0.717) is 41.6 Å². The lowest BCUT2D eigenvalue weighted by Crippen LogP contribution is -2.42. The number of benzene rings is 2. The average molecular weight is 483 g/mol. The maximum Gasteiger partial charge on any atom is 0.471 e. The number of halogens is 4. The minimum Gasteiger partial charge on any atom is -0.380 e. The monoisotopic (exact) mass is 482 g/mol. The third kappa shape index (κ3) is 8.39. The van der Waals surface area contributed by atoms with Crippen LogP contribution in [0.1, 0.15) is 55.1 Å². The predicted octanol–water partition coefficient (Wildman–Crippen LogP) is 6.52. The summed E-state index contributed by atoms with van der Waals surface area (Å²) in [5.41, 5.74) is 3.06. The first-order chi connectivity index (χ1) is 15.5. The van der Waals surface area contributed by atoms with Gasteiger partial charge in [0.1, 0.15) is 0 Å². The number of carbonyl (C=O) groups excluding carboxylic acids is 2. The number of rotatable bonds is 11. The van der Waals surface area contributed by atoms with Crippen molar-refractivity contribution in [3.05, 3.63) is 64.2 Å². The molecule has 0 fully saturated rings. The van der Waals surface area contributed by atoms with Gasteiger partial charge in [0, 0.05) is 31.6 Å². The second kappa shape index (κ2) is 12.1. The second-order valence-corrected chi connectivity index (χ2v) is 8.83. The van der Waals surface area contributed by atoms with E-state index in [2.05, 4.69) is 5.32 Å². The Hall–Kier alpha value is -2.54. The van der Waals surface area contributed by atoms with Gasteiger partial charge in [0.05, 0.1) is 10.7 Å². The molecular weight excluding hydrogens is 453 g/mol. The first-order valence-corrected chi connectivity index (χ1v) is 11.4. The number of amides is 1. The van der Waals surface area contributed by atoms with Crippen molar-refractivity contribution in [2.24, 2.45) is 5.92 Å². The first kappa shape index (κ1) is 26.7. The van der Waals surface area contributed by atoms with Gasteiger partial charge in [0.15, 0.2) is 5.78 Å². The standard InChI is InChI=1S/C25H30ClF3N2O2/c1-4-12-31(24(33)25(27,28)29)13-11-18-7-10-21(26)22(15-18)30-16-19-5-8-20(9-6-19)23(32)14-17(2)3/h5-10,15,17,30H,4,11-14,16H2,1-3H3. The summed E-state index contributed by atoms with van der Waals surface area (Å²) < 4.78 is 38.4. The van der Waals surface area contributed by atoms with Crippen molar-refractivity contribution < 1.29 is 22.8 Å². The molecule has 0 aliphatic carbocycles. The largest absolute Gasteiger partial charge is 0.471 e. The van der Waals surface area contributed by atoms with Gasteiger partial charge in [0.2, 0.25) is 0 Å². The summed E-state index contributed by atoms with van der Waals surface area (Å²) in [5.74, 6) is -1.40. The number of nitrogens with zero attached hydrogens (tertiary/aromatic N) is 1. The van der Waals surface area contributed by atoms with Crippen LogP contribution in [0.5, 0.6) is 0 Å². The molecule has 33 heavy (non-hydrogen) atoms. The van der Waals surface area contributed by atoms with Crippen LogP contribution in [0.25, 0.3) is 0 Å². The van der Waals surface area contributed by atoms with E-state index in [1.165, 1.54) is 0 Å². The molecule has 0 spiro atoms. The van der Waals surface area contributed by atoms with Crippen LogP contribution in [-0.2, 0) is 17.8 Å². The summed E-state index contributed by atoms with van der Waals surface area (Å²) in [7, 11) is 0. The van der Waals surface area contributed by atoms with Crippen molar-refractivity contribution in [2.75, 3.05) is 18.4 Å². The highest BCUT2D eigenvalue weighted by Gasteiger charge is 2.41. The van der Waals surface area contributed by atoms with E-state index in [9.17, 15) is 22.8 Å². The van der Waals surface area contributed by atoms with Gasteiger partial charge in [-0.05, 0) is 42.0 Å².